The van der Waals surface area contributed by atoms with Gasteiger partial charge in [0.2, 0.25) is 5.91 Å². The first-order valence-corrected chi connectivity index (χ1v) is 9.76. The number of hydrogen-bond donors (Lipinski definition) is 1. The van der Waals surface area contributed by atoms with E-state index in [0.717, 1.165) is 11.1 Å². The van der Waals surface area contributed by atoms with Gasteiger partial charge in [-0.25, -0.2) is 0 Å². The fourth-order valence-electron chi connectivity index (χ4n) is 3.74. The van der Waals surface area contributed by atoms with E-state index in [1.54, 1.807) is 11.0 Å². The lowest BCUT2D eigenvalue weighted by atomic mass is 9.72. The molecule has 1 N–H and O–H groups in total. The van der Waals surface area contributed by atoms with Crippen molar-refractivity contribution in [1.29, 1.82) is 0 Å². The minimum atomic E-state index is -0.851. The Morgan fingerprint density at radius 2 is 1.62 bits per heavy atom. The standard InChI is InChI=1S/C23H26N2O4/c1-17-8-6-7-11-20(17)24-21(27)16-29-22(28)23(19-9-4-3-5-10-19)12-14-25(15-13-23)18(2)26/h3-11H,12-16H2,1-2H3,(H,24,27). The van der Waals surface area contributed by atoms with Crippen LogP contribution < -0.4 is 5.32 Å². The Balaban J connectivity index is 1.70. The van der Waals surface area contributed by atoms with Crippen molar-refractivity contribution in [3.05, 3.63) is 65.7 Å². The molecule has 6 nitrogen and oxygen atoms in total. The zero-order valence-corrected chi connectivity index (χ0v) is 16.8. The number of likely N-dealkylation sites (tertiary alicyclic amines) is 1. The quantitative estimate of drug-likeness (QED) is 0.791. The van der Waals surface area contributed by atoms with Crippen molar-refractivity contribution < 1.29 is 19.1 Å². The number of carbonyl (C=O) groups is 3. The summed E-state index contributed by atoms with van der Waals surface area (Å²) in [5.74, 6) is -0.804. The zero-order chi connectivity index (χ0) is 20.9. The highest BCUT2D eigenvalue weighted by Gasteiger charge is 2.44. The van der Waals surface area contributed by atoms with Crippen molar-refractivity contribution in [3.8, 4) is 0 Å². The number of hydrogen-bond acceptors (Lipinski definition) is 4. The van der Waals surface area contributed by atoms with Crippen LogP contribution in [0.2, 0.25) is 0 Å². The lowest BCUT2D eigenvalue weighted by Gasteiger charge is -2.40. The molecule has 1 saturated heterocycles. The van der Waals surface area contributed by atoms with E-state index >= 15 is 0 Å². The normalized spacial score (nSPS) is 15.4. The molecule has 0 aromatic heterocycles. The van der Waals surface area contributed by atoms with Crippen LogP contribution in [0.1, 0.15) is 30.9 Å². The van der Waals surface area contributed by atoms with Gasteiger partial charge in [-0.2, -0.15) is 0 Å². The zero-order valence-electron chi connectivity index (χ0n) is 16.8. The van der Waals surface area contributed by atoms with Gasteiger partial charge in [-0.1, -0.05) is 48.5 Å². The Labute approximate surface area is 170 Å². The van der Waals surface area contributed by atoms with Crippen LogP contribution in [0.3, 0.4) is 0 Å². The van der Waals surface area contributed by atoms with Gasteiger partial charge >= 0.3 is 5.97 Å². The predicted octanol–water partition coefficient (Wildman–Crippen LogP) is 3.06. The maximum atomic E-state index is 13.1. The summed E-state index contributed by atoms with van der Waals surface area (Å²) in [5.41, 5.74) is 1.63. The largest absolute Gasteiger partial charge is 0.455 e. The summed E-state index contributed by atoms with van der Waals surface area (Å²) < 4.78 is 5.45. The molecule has 1 heterocycles. The van der Waals surface area contributed by atoms with Crippen LogP contribution in [0.25, 0.3) is 0 Å². The number of para-hydroxylation sites is 1. The first kappa shape index (κ1) is 20.6. The maximum Gasteiger partial charge on any atom is 0.317 e. The van der Waals surface area contributed by atoms with Gasteiger partial charge in [0, 0.05) is 25.7 Å². The SMILES string of the molecule is CC(=O)N1CCC(C(=O)OCC(=O)Nc2ccccc2C)(c2ccccc2)CC1. The molecule has 6 heteroatoms. The molecule has 1 aliphatic rings. The van der Waals surface area contributed by atoms with E-state index in [4.69, 9.17) is 4.74 Å². The average Bonchev–Trinajstić information content (AvgIpc) is 2.74. The predicted molar refractivity (Wildman–Crippen MR) is 110 cm³/mol. The Bertz CT molecular complexity index is 887. The fraction of sp³-hybridized carbons (Fsp3) is 0.348. The summed E-state index contributed by atoms with van der Waals surface area (Å²) in [6.45, 7) is 4.04. The number of nitrogens with one attached hydrogen (secondary N) is 1. The van der Waals surface area contributed by atoms with Gasteiger partial charge < -0.3 is 15.0 Å². The average molecular weight is 394 g/mol. The molecule has 3 rings (SSSR count). The number of carbonyl (C=O) groups excluding carboxylic acids is 3. The van der Waals surface area contributed by atoms with Crippen molar-refractivity contribution in [2.24, 2.45) is 0 Å². The van der Waals surface area contributed by atoms with E-state index in [1.165, 1.54) is 6.92 Å². The van der Waals surface area contributed by atoms with Gasteiger partial charge in [0.25, 0.3) is 5.91 Å². The van der Waals surface area contributed by atoms with Crippen LogP contribution in [-0.4, -0.2) is 42.4 Å². The van der Waals surface area contributed by atoms with Gasteiger partial charge in [-0.3, -0.25) is 14.4 Å². The van der Waals surface area contributed by atoms with Crippen LogP contribution >= 0.6 is 0 Å². The second-order valence-electron chi connectivity index (χ2n) is 7.39. The lowest BCUT2D eigenvalue weighted by Crippen LogP contribution is -2.49. The van der Waals surface area contributed by atoms with Crippen LogP contribution in [-0.2, 0) is 24.5 Å². The highest BCUT2D eigenvalue weighted by atomic mass is 16.5. The molecule has 0 bridgehead atoms. The van der Waals surface area contributed by atoms with E-state index in [2.05, 4.69) is 5.32 Å². The highest BCUT2D eigenvalue weighted by molar-refractivity contribution is 5.94. The third-order valence-corrected chi connectivity index (χ3v) is 5.53. The monoisotopic (exact) mass is 394 g/mol. The number of benzene rings is 2. The number of anilines is 1. The van der Waals surface area contributed by atoms with E-state index in [0.29, 0.717) is 31.6 Å². The van der Waals surface area contributed by atoms with E-state index < -0.39 is 11.4 Å². The van der Waals surface area contributed by atoms with Crippen LogP contribution in [0, 0.1) is 6.92 Å². The molecule has 2 amide bonds. The van der Waals surface area contributed by atoms with Crippen LogP contribution in [0.4, 0.5) is 5.69 Å². The van der Waals surface area contributed by atoms with E-state index in [-0.39, 0.29) is 18.4 Å². The molecule has 2 aromatic carbocycles. The molecule has 0 unspecified atom stereocenters. The third kappa shape index (κ3) is 4.65. The highest BCUT2D eigenvalue weighted by Crippen LogP contribution is 2.37. The molecule has 29 heavy (non-hydrogen) atoms. The van der Waals surface area contributed by atoms with Crippen molar-refractivity contribution in [2.75, 3.05) is 25.0 Å². The molecule has 0 radical (unpaired) electrons. The molecular weight excluding hydrogens is 368 g/mol. The summed E-state index contributed by atoms with van der Waals surface area (Å²) in [6.07, 6.45) is 0.934. The van der Waals surface area contributed by atoms with Gasteiger partial charge in [0.15, 0.2) is 6.61 Å². The Morgan fingerprint density at radius 3 is 2.24 bits per heavy atom. The Morgan fingerprint density at radius 1 is 1.00 bits per heavy atom. The second-order valence-corrected chi connectivity index (χ2v) is 7.39. The Kier molecular flexibility index (Phi) is 6.32. The number of rotatable bonds is 5. The smallest absolute Gasteiger partial charge is 0.317 e. The molecule has 2 aromatic rings. The molecule has 0 spiro atoms. The number of ether oxygens (including phenoxy) is 1. The fourth-order valence-corrected chi connectivity index (χ4v) is 3.74. The second kappa shape index (κ2) is 8.90. The van der Waals surface area contributed by atoms with E-state index in [9.17, 15) is 14.4 Å². The number of esters is 1. The van der Waals surface area contributed by atoms with Crippen LogP contribution in [0.5, 0.6) is 0 Å². The minimum absolute atomic E-state index is 0.00219. The number of aryl methyl sites for hydroxylation is 1. The summed E-state index contributed by atoms with van der Waals surface area (Å²) in [4.78, 5) is 38.8. The molecule has 1 fully saturated rings. The Hall–Kier alpha value is -3.15. The van der Waals surface area contributed by atoms with Gasteiger partial charge in [-0.15, -0.1) is 0 Å². The molecular formula is C23H26N2O4. The molecule has 0 saturated carbocycles. The lowest BCUT2D eigenvalue weighted by molar-refractivity contribution is -0.156. The topological polar surface area (TPSA) is 75.7 Å². The van der Waals surface area contributed by atoms with Crippen molar-refractivity contribution in [2.45, 2.75) is 32.1 Å². The maximum absolute atomic E-state index is 13.1. The van der Waals surface area contributed by atoms with Crippen molar-refractivity contribution in [1.82, 2.24) is 4.90 Å². The van der Waals surface area contributed by atoms with Crippen molar-refractivity contribution >= 4 is 23.5 Å². The summed E-state index contributed by atoms with van der Waals surface area (Å²) >= 11 is 0. The summed E-state index contributed by atoms with van der Waals surface area (Å²) in [6, 6.07) is 16.9. The molecule has 152 valence electrons. The van der Waals surface area contributed by atoms with Crippen molar-refractivity contribution in [3.63, 3.8) is 0 Å². The molecule has 0 aliphatic carbocycles. The van der Waals surface area contributed by atoms with Gasteiger partial charge in [0.05, 0.1) is 5.41 Å². The van der Waals surface area contributed by atoms with E-state index in [1.807, 2.05) is 55.5 Å². The summed E-state index contributed by atoms with van der Waals surface area (Å²) in [7, 11) is 0. The third-order valence-electron chi connectivity index (χ3n) is 5.53. The first-order chi connectivity index (χ1) is 13.9. The summed E-state index contributed by atoms with van der Waals surface area (Å²) in [5, 5.41) is 2.77. The number of nitrogens with zero attached hydrogens (tertiary/aromatic N) is 1. The number of piperidine rings is 1. The first-order valence-electron chi connectivity index (χ1n) is 9.76. The minimum Gasteiger partial charge on any atom is -0.455 e. The van der Waals surface area contributed by atoms with Gasteiger partial charge in [0.1, 0.15) is 0 Å². The van der Waals surface area contributed by atoms with Crippen LogP contribution in [0.15, 0.2) is 54.6 Å². The molecule has 1 aliphatic heterocycles. The van der Waals surface area contributed by atoms with Gasteiger partial charge in [-0.05, 0) is 37.0 Å². The number of amides is 2. The molecule has 0 atom stereocenters.